The van der Waals surface area contributed by atoms with Gasteiger partial charge in [0.1, 0.15) is 11.5 Å². The van der Waals surface area contributed by atoms with Crippen LogP contribution in [0.4, 0.5) is 0 Å². The minimum Gasteiger partial charge on any atom is -0.494 e. The Bertz CT molecular complexity index is 620. The number of rotatable bonds is 8. The van der Waals surface area contributed by atoms with E-state index in [9.17, 15) is 0 Å². The maximum Gasteiger partial charge on any atom is 0.123 e. The monoisotopic (exact) mass is 313 g/mol. The topological polar surface area (TPSA) is 42.2 Å². The van der Waals surface area contributed by atoms with E-state index in [1.54, 1.807) is 12.1 Å². The first kappa shape index (κ1) is 16.3. The van der Waals surface area contributed by atoms with Crippen LogP contribution in [0.3, 0.4) is 0 Å². The van der Waals surface area contributed by atoms with Crippen molar-refractivity contribution in [2.75, 3.05) is 19.0 Å². The molecule has 0 atom stereocenters. The molecule has 2 aromatic carbocycles. The summed E-state index contributed by atoms with van der Waals surface area (Å²) in [5, 5.41) is 8.74. The summed E-state index contributed by atoms with van der Waals surface area (Å²) < 4.78 is 11.3. The lowest BCUT2D eigenvalue weighted by molar-refractivity contribution is 0.337. The SMILES string of the molecule is CCOc1ccccc1CSCCOc1ccc(C#N)cc1. The van der Waals surface area contributed by atoms with Gasteiger partial charge in [0.25, 0.3) is 0 Å². The molecule has 0 saturated carbocycles. The molecule has 0 fully saturated rings. The average Bonchev–Trinajstić information content (AvgIpc) is 2.57. The molecule has 0 bridgehead atoms. The Kier molecular flexibility index (Phi) is 6.66. The maximum atomic E-state index is 8.74. The van der Waals surface area contributed by atoms with E-state index in [-0.39, 0.29) is 0 Å². The van der Waals surface area contributed by atoms with Crippen LogP contribution in [0.1, 0.15) is 18.1 Å². The number of nitriles is 1. The van der Waals surface area contributed by atoms with E-state index >= 15 is 0 Å². The Morgan fingerprint density at radius 3 is 2.55 bits per heavy atom. The van der Waals surface area contributed by atoms with E-state index in [1.807, 2.05) is 49.0 Å². The van der Waals surface area contributed by atoms with Gasteiger partial charge in [0.05, 0.1) is 24.8 Å². The zero-order valence-electron chi connectivity index (χ0n) is 12.6. The van der Waals surface area contributed by atoms with E-state index in [2.05, 4.69) is 12.1 Å². The van der Waals surface area contributed by atoms with Crippen LogP contribution in [0.2, 0.25) is 0 Å². The van der Waals surface area contributed by atoms with Gasteiger partial charge in [-0.3, -0.25) is 0 Å². The molecular formula is C18H19NO2S. The molecule has 0 radical (unpaired) electrons. The fourth-order valence-corrected chi connectivity index (χ4v) is 2.75. The molecule has 2 aromatic rings. The summed E-state index contributed by atoms with van der Waals surface area (Å²) in [6.45, 7) is 3.33. The molecule has 114 valence electrons. The lowest BCUT2D eigenvalue weighted by Gasteiger charge is -2.10. The minimum absolute atomic E-state index is 0.646. The summed E-state index contributed by atoms with van der Waals surface area (Å²) in [5.41, 5.74) is 1.86. The fraction of sp³-hybridized carbons (Fsp3) is 0.278. The van der Waals surface area contributed by atoms with Crippen LogP contribution >= 0.6 is 11.8 Å². The first-order valence-corrected chi connectivity index (χ1v) is 8.40. The van der Waals surface area contributed by atoms with Crippen LogP contribution in [-0.4, -0.2) is 19.0 Å². The molecule has 4 heteroatoms. The van der Waals surface area contributed by atoms with Gasteiger partial charge in [0, 0.05) is 17.1 Å². The van der Waals surface area contributed by atoms with Crippen LogP contribution in [0, 0.1) is 11.3 Å². The van der Waals surface area contributed by atoms with E-state index in [4.69, 9.17) is 14.7 Å². The number of thioether (sulfide) groups is 1. The molecule has 0 amide bonds. The molecular weight excluding hydrogens is 294 g/mol. The molecule has 0 aliphatic heterocycles. The Labute approximate surface area is 135 Å². The molecule has 0 saturated heterocycles. The van der Waals surface area contributed by atoms with Crippen molar-refractivity contribution in [2.45, 2.75) is 12.7 Å². The summed E-state index contributed by atoms with van der Waals surface area (Å²) in [6, 6.07) is 17.4. The van der Waals surface area contributed by atoms with Gasteiger partial charge < -0.3 is 9.47 Å². The van der Waals surface area contributed by atoms with Crippen LogP contribution in [0.15, 0.2) is 48.5 Å². The van der Waals surface area contributed by atoms with E-state index in [0.29, 0.717) is 18.8 Å². The van der Waals surface area contributed by atoms with Gasteiger partial charge in [0.2, 0.25) is 0 Å². The van der Waals surface area contributed by atoms with Crippen molar-refractivity contribution in [3.8, 4) is 17.6 Å². The van der Waals surface area contributed by atoms with Crippen molar-refractivity contribution in [3.63, 3.8) is 0 Å². The Balaban J connectivity index is 1.72. The van der Waals surface area contributed by atoms with Gasteiger partial charge in [-0.2, -0.15) is 17.0 Å². The Hall–Kier alpha value is -2.12. The Morgan fingerprint density at radius 2 is 1.82 bits per heavy atom. The molecule has 0 spiro atoms. The summed E-state index contributed by atoms with van der Waals surface area (Å²) in [6.07, 6.45) is 0. The third kappa shape index (κ3) is 5.01. The summed E-state index contributed by atoms with van der Waals surface area (Å²) in [4.78, 5) is 0. The molecule has 0 heterocycles. The predicted molar refractivity (Wildman–Crippen MR) is 90.4 cm³/mol. The predicted octanol–water partition coefficient (Wildman–Crippen LogP) is 4.27. The molecule has 0 aliphatic rings. The third-order valence-corrected chi connectivity index (χ3v) is 3.98. The second-order valence-electron chi connectivity index (χ2n) is 4.58. The van der Waals surface area contributed by atoms with Gasteiger partial charge in [-0.15, -0.1) is 0 Å². The van der Waals surface area contributed by atoms with Gasteiger partial charge in [0.15, 0.2) is 0 Å². The third-order valence-electron chi connectivity index (χ3n) is 3.01. The first-order valence-electron chi connectivity index (χ1n) is 7.25. The molecule has 22 heavy (non-hydrogen) atoms. The number of benzene rings is 2. The smallest absolute Gasteiger partial charge is 0.123 e. The lowest BCUT2D eigenvalue weighted by Crippen LogP contribution is -2.01. The van der Waals surface area contributed by atoms with Gasteiger partial charge in [-0.05, 0) is 37.3 Å². The van der Waals surface area contributed by atoms with Crippen molar-refractivity contribution < 1.29 is 9.47 Å². The quantitative estimate of drug-likeness (QED) is 0.683. The van der Waals surface area contributed by atoms with Crippen LogP contribution < -0.4 is 9.47 Å². The first-order chi connectivity index (χ1) is 10.8. The molecule has 0 aromatic heterocycles. The zero-order valence-corrected chi connectivity index (χ0v) is 13.4. The fourth-order valence-electron chi connectivity index (χ4n) is 1.95. The van der Waals surface area contributed by atoms with Crippen molar-refractivity contribution in [1.29, 1.82) is 5.26 Å². The van der Waals surface area contributed by atoms with Crippen LogP contribution in [0.5, 0.6) is 11.5 Å². The number of hydrogen-bond acceptors (Lipinski definition) is 4. The average molecular weight is 313 g/mol. The summed E-state index contributed by atoms with van der Waals surface area (Å²) in [7, 11) is 0. The minimum atomic E-state index is 0.646. The van der Waals surface area contributed by atoms with E-state index < -0.39 is 0 Å². The van der Waals surface area contributed by atoms with E-state index in [0.717, 1.165) is 23.0 Å². The second-order valence-corrected chi connectivity index (χ2v) is 5.68. The summed E-state index contributed by atoms with van der Waals surface area (Å²) >= 11 is 1.82. The highest BCUT2D eigenvalue weighted by molar-refractivity contribution is 7.98. The lowest BCUT2D eigenvalue weighted by atomic mass is 10.2. The second kappa shape index (κ2) is 9.01. The summed E-state index contributed by atoms with van der Waals surface area (Å²) in [5.74, 6) is 3.58. The normalized spacial score (nSPS) is 10.0. The molecule has 2 rings (SSSR count). The van der Waals surface area contributed by atoms with Gasteiger partial charge in [-0.25, -0.2) is 0 Å². The molecule has 3 nitrogen and oxygen atoms in total. The molecule has 0 N–H and O–H groups in total. The van der Waals surface area contributed by atoms with Crippen molar-refractivity contribution in [2.24, 2.45) is 0 Å². The number of hydrogen-bond donors (Lipinski definition) is 0. The largest absolute Gasteiger partial charge is 0.494 e. The number of ether oxygens (including phenoxy) is 2. The molecule has 0 unspecified atom stereocenters. The Morgan fingerprint density at radius 1 is 1.05 bits per heavy atom. The molecule has 0 aliphatic carbocycles. The van der Waals surface area contributed by atoms with Crippen molar-refractivity contribution in [1.82, 2.24) is 0 Å². The maximum absolute atomic E-state index is 8.74. The van der Waals surface area contributed by atoms with E-state index in [1.165, 1.54) is 5.56 Å². The van der Waals surface area contributed by atoms with Crippen molar-refractivity contribution >= 4 is 11.8 Å². The highest BCUT2D eigenvalue weighted by Crippen LogP contribution is 2.23. The standard InChI is InChI=1S/C18H19NO2S/c1-2-20-18-6-4-3-5-16(18)14-22-12-11-21-17-9-7-15(13-19)8-10-17/h3-10H,2,11-12,14H2,1H3. The van der Waals surface area contributed by atoms with Gasteiger partial charge >= 0.3 is 0 Å². The highest BCUT2D eigenvalue weighted by atomic mass is 32.2. The number of para-hydroxylation sites is 1. The highest BCUT2D eigenvalue weighted by Gasteiger charge is 2.02. The van der Waals surface area contributed by atoms with Crippen molar-refractivity contribution in [3.05, 3.63) is 59.7 Å². The number of nitrogens with zero attached hydrogens (tertiary/aromatic N) is 1. The zero-order chi connectivity index (χ0) is 15.6. The van der Waals surface area contributed by atoms with Crippen LogP contribution in [0.25, 0.3) is 0 Å². The van der Waals surface area contributed by atoms with Gasteiger partial charge in [-0.1, -0.05) is 18.2 Å². The van der Waals surface area contributed by atoms with Crippen LogP contribution in [-0.2, 0) is 5.75 Å².